The molecule has 4 N–H and O–H groups in total. The molecule has 188 valence electrons. The van der Waals surface area contributed by atoms with E-state index in [4.69, 9.17) is 4.74 Å². The van der Waals surface area contributed by atoms with Crippen molar-refractivity contribution in [2.24, 2.45) is 5.41 Å². The second-order valence-corrected chi connectivity index (χ2v) is 9.98. The fourth-order valence-corrected chi connectivity index (χ4v) is 4.84. The Morgan fingerprint density at radius 2 is 2.11 bits per heavy atom. The van der Waals surface area contributed by atoms with Crippen LogP contribution in [0.5, 0.6) is 0 Å². The van der Waals surface area contributed by atoms with E-state index in [9.17, 15) is 18.0 Å². The number of ether oxygens (including phenoxy) is 1. The molecule has 1 aliphatic rings. The van der Waals surface area contributed by atoms with Gasteiger partial charge in [-0.1, -0.05) is 19.9 Å². The summed E-state index contributed by atoms with van der Waals surface area (Å²) in [7, 11) is 0. The maximum atomic E-state index is 13.9. The molecule has 1 aromatic carbocycles. The van der Waals surface area contributed by atoms with Gasteiger partial charge in [0.1, 0.15) is 5.56 Å². The zero-order valence-corrected chi connectivity index (χ0v) is 21.0. The highest BCUT2D eigenvalue weighted by Crippen LogP contribution is 2.41. The number of amides is 1. The van der Waals surface area contributed by atoms with Gasteiger partial charge in [0, 0.05) is 42.5 Å². The molecule has 12 heteroatoms. The first-order valence-electron chi connectivity index (χ1n) is 11.1. The lowest BCUT2D eigenvalue weighted by Crippen LogP contribution is -2.47. The van der Waals surface area contributed by atoms with Crippen molar-refractivity contribution in [2.75, 3.05) is 30.3 Å². The molecule has 8 nitrogen and oxygen atoms in total. The summed E-state index contributed by atoms with van der Waals surface area (Å²) in [5.74, 6) is 0.131. The SMILES string of the molecule is CCOC(=O)Nc1ccc2c(-c3nc(NC4CNCC(C)(C)C4)ncc3C(F)(F)F)c[nH]c2c1Br. The first kappa shape index (κ1) is 25.2. The molecule has 0 spiro atoms. The van der Waals surface area contributed by atoms with Gasteiger partial charge < -0.3 is 20.4 Å². The molecule has 1 fully saturated rings. The van der Waals surface area contributed by atoms with Crippen LogP contribution in [0.2, 0.25) is 0 Å². The number of aromatic nitrogens is 3. The van der Waals surface area contributed by atoms with Crippen molar-refractivity contribution in [3.8, 4) is 11.3 Å². The highest BCUT2D eigenvalue weighted by Gasteiger charge is 2.36. The minimum absolute atomic E-state index is 0.0167. The normalized spacial score (nSPS) is 17.9. The van der Waals surface area contributed by atoms with Crippen LogP contribution in [0, 0.1) is 5.41 Å². The van der Waals surface area contributed by atoms with Crippen molar-refractivity contribution in [3.05, 3.63) is 34.6 Å². The number of carbonyl (C=O) groups is 1. The first-order valence-corrected chi connectivity index (χ1v) is 11.9. The number of nitrogens with zero attached hydrogens (tertiary/aromatic N) is 2. The molecule has 1 unspecified atom stereocenters. The Balaban J connectivity index is 1.73. The maximum absolute atomic E-state index is 13.9. The van der Waals surface area contributed by atoms with Crippen LogP contribution in [-0.4, -0.2) is 46.8 Å². The predicted molar refractivity (Wildman–Crippen MR) is 131 cm³/mol. The molecule has 0 saturated carbocycles. The number of halogens is 4. The number of fused-ring (bicyclic) bond motifs is 1. The van der Waals surface area contributed by atoms with E-state index in [1.807, 2.05) is 0 Å². The summed E-state index contributed by atoms with van der Waals surface area (Å²) in [6.07, 6.45) is -2.16. The van der Waals surface area contributed by atoms with Gasteiger partial charge in [-0.25, -0.2) is 14.8 Å². The van der Waals surface area contributed by atoms with Crippen LogP contribution in [-0.2, 0) is 10.9 Å². The summed E-state index contributed by atoms with van der Waals surface area (Å²) in [6, 6.07) is 3.19. The number of rotatable bonds is 5. The fraction of sp³-hybridized carbons (Fsp3) is 0.435. The monoisotopic (exact) mass is 554 g/mol. The summed E-state index contributed by atoms with van der Waals surface area (Å²) in [5.41, 5.74) is 0.0661. The fourth-order valence-electron chi connectivity index (χ4n) is 4.28. The molecular weight excluding hydrogens is 529 g/mol. The lowest BCUT2D eigenvalue weighted by Gasteiger charge is -2.36. The molecule has 2 aromatic heterocycles. The lowest BCUT2D eigenvalue weighted by molar-refractivity contribution is -0.137. The highest BCUT2D eigenvalue weighted by molar-refractivity contribution is 9.10. The molecule has 0 radical (unpaired) electrons. The summed E-state index contributed by atoms with van der Waals surface area (Å²) in [6.45, 7) is 7.67. The van der Waals surface area contributed by atoms with Crippen molar-refractivity contribution in [1.82, 2.24) is 20.3 Å². The average molecular weight is 555 g/mol. The van der Waals surface area contributed by atoms with Crippen molar-refractivity contribution in [2.45, 2.75) is 39.4 Å². The molecule has 3 heterocycles. The van der Waals surface area contributed by atoms with Crippen LogP contribution in [0.1, 0.15) is 32.8 Å². The second kappa shape index (κ2) is 9.65. The molecular formula is C23H26BrF3N6O2. The number of anilines is 2. The number of benzene rings is 1. The van der Waals surface area contributed by atoms with Crippen molar-refractivity contribution in [1.29, 1.82) is 0 Å². The van der Waals surface area contributed by atoms with Gasteiger partial charge in [0.15, 0.2) is 0 Å². The van der Waals surface area contributed by atoms with E-state index in [0.29, 0.717) is 27.6 Å². The number of alkyl halides is 3. The molecule has 0 aliphatic carbocycles. The van der Waals surface area contributed by atoms with Gasteiger partial charge in [-0.3, -0.25) is 5.32 Å². The molecule has 1 aliphatic heterocycles. The van der Waals surface area contributed by atoms with Gasteiger partial charge >= 0.3 is 12.3 Å². The smallest absolute Gasteiger partial charge is 0.419 e. The van der Waals surface area contributed by atoms with Gasteiger partial charge in [0.2, 0.25) is 5.95 Å². The molecule has 3 aromatic rings. The molecule has 4 rings (SSSR count). The first-order chi connectivity index (χ1) is 16.5. The Hall–Kier alpha value is -2.86. The van der Waals surface area contributed by atoms with Crippen molar-refractivity contribution < 1.29 is 22.7 Å². The third-order valence-electron chi connectivity index (χ3n) is 5.78. The number of H-pyrrole nitrogens is 1. The Morgan fingerprint density at radius 1 is 1.34 bits per heavy atom. The van der Waals surface area contributed by atoms with E-state index in [0.717, 1.165) is 19.2 Å². The van der Waals surface area contributed by atoms with E-state index >= 15 is 0 Å². The van der Waals surface area contributed by atoms with Crippen LogP contribution in [0.15, 0.2) is 29.0 Å². The average Bonchev–Trinajstić information content (AvgIpc) is 3.19. The molecule has 0 bridgehead atoms. The number of nitrogens with one attached hydrogen (secondary N) is 4. The maximum Gasteiger partial charge on any atom is 0.419 e. The summed E-state index contributed by atoms with van der Waals surface area (Å²) in [4.78, 5) is 23.1. The number of carbonyl (C=O) groups excluding carboxylic acids is 1. The van der Waals surface area contributed by atoms with E-state index < -0.39 is 17.8 Å². The minimum atomic E-state index is -4.64. The van der Waals surface area contributed by atoms with Gasteiger partial charge in [-0.15, -0.1) is 0 Å². The van der Waals surface area contributed by atoms with Crippen LogP contribution in [0.25, 0.3) is 22.2 Å². The Bertz CT molecular complexity index is 1240. The van der Waals surface area contributed by atoms with E-state index in [1.165, 1.54) is 6.20 Å². The molecule has 35 heavy (non-hydrogen) atoms. The number of piperidine rings is 1. The van der Waals surface area contributed by atoms with E-state index in [2.05, 4.69) is 60.7 Å². The summed E-state index contributed by atoms with van der Waals surface area (Å²) >= 11 is 3.42. The Kier molecular flexibility index (Phi) is 6.96. The lowest BCUT2D eigenvalue weighted by atomic mass is 9.83. The predicted octanol–water partition coefficient (Wildman–Crippen LogP) is 5.77. The van der Waals surface area contributed by atoms with Crippen LogP contribution >= 0.6 is 15.9 Å². The van der Waals surface area contributed by atoms with E-state index in [1.54, 1.807) is 19.1 Å². The van der Waals surface area contributed by atoms with Crippen LogP contribution in [0.4, 0.5) is 29.6 Å². The number of hydrogen-bond donors (Lipinski definition) is 4. The quantitative estimate of drug-likeness (QED) is 0.319. The third kappa shape index (κ3) is 5.53. The second-order valence-electron chi connectivity index (χ2n) is 9.19. The number of aromatic amines is 1. The Labute approximate surface area is 208 Å². The molecule has 1 amide bonds. The zero-order chi connectivity index (χ0) is 25.4. The van der Waals surface area contributed by atoms with Gasteiger partial charge in [-0.2, -0.15) is 13.2 Å². The number of hydrogen-bond acceptors (Lipinski definition) is 6. The third-order valence-corrected chi connectivity index (χ3v) is 6.60. The Morgan fingerprint density at radius 3 is 2.80 bits per heavy atom. The van der Waals surface area contributed by atoms with Gasteiger partial charge in [0.25, 0.3) is 0 Å². The van der Waals surface area contributed by atoms with Gasteiger partial charge in [-0.05, 0) is 40.8 Å². The standard InChI is InChI=1S/C23H26BrF3N6O2/c1-4-35-21(34)32-16-6-5-13-14(9-29-19(13)17(16)24)18-15(23(25,26)27)10-30-20(33-18)31-12-7-22(2,3)11-28-8-12/h5-6,9-10,12,28-29H,4,7-8,11H2,1-3H3,(H,32,34)(H,30,31,33). The van der Waals surface area contributed by atoms with Crippen molar-refractivity contribution in [3.63, 3.8) is 0 Å². The van der Waals surface area contributed by atoms with E-state index in [-0.39, 0.29) is 35.3 Å². The minimum Gasteiger partial charge on any atom is -0.450 e. The van der Waals surface area contributed by atoms with Crippen molar-refractivity contribution >= 4 is 44.6 Å². The molecule has 1 atom stereocenters. The summed E-state index contributed by atoms with van der Waals surface area (Å²) < 4.78 is 47.1. The van der Waals surface area contributed by atoms with Gasteiger partial charge in [0.05, 0.1) is 28.0 Å². The largest absolute Gasteiger partial charge is 0.450 e. The van der Waals surface area contributed by atoms with Crippen LogP contribution < -0.4 is 16.0 Å². The topological polar surface area (TPSA) is 104 Å². The zero-order valence-electron chi connectivity index (χ0n) is 19.4. The van der Waals surface area contributed by atoms with Crippen LogP contribution in [0.3, 0.4) is 0 Å². The summed E-state index contributed by atoms with van der Waals surface area (Å²) in [5, 5.41) is 9.62. The highest BCUT2D eigenvalue weighted by atomic mass is 79.9. The molecule has 1 saturated heterocycles.